The molecule has 0 aliphatic carbocycles. The molecule has 0 radical (unpaired) electrons. The second-order valence-electron chi connectivity index (χ2n) is 6.88. The molecule has 1 fully saturated rings. The maximum absolute atomic E-state index is 11.6. The van der Waals surface area contributed by atoms with E-state index in [0.29, 0.717) is 11.3 Å². The number of benzene rings is 1. The molecule has 0 N–H and O–H groups in total. The molecule has 0 atom stereocenters. The summed E-state index contributed by atoms with van der Waals surface area (Å²) >= 11 is 5.91. The van der Waals surface area contributed by atoms with Crippen LogP contribution in [0.2, 0.25) is 5.02 Å². The van der Waals surface area contributed by atoms with Crippen LogP contribution in [0.4, 0.5) is 0 Å². The fourth-order valence-corrected chi connectivity index (χ4v) is 3.07. The molecule has 0 unspecified atom stereocenters. The molecule has 1 saturated heterocycles. The monoisotopic (exact) mass is 307 g/mol. The minimum absolute atomic E-state index is 0.322. The first-order valence-corrected chi connectivity index (χ1v) is 8.36. The Hall–Kier alpha value is -1.02. The van der Waals surface area contributed by atoms with E-state index in [1.807, 2.05) is 17.0 Å². The van der Waals surface area contributed by atoms with E-state index >= 15 is 0 Å². The third-order valence-corrected chi connectivity index (χ3v) is 4.71. The number of aryl methyl sites for hydroxylation is 1. The maximum Gasteiger partial charge on any atom is 0.222 e. The molecule has 0 saturated carbocycles. The third kappa shape index (κ3) is 5.35. The average Bonchev–Trinajstić information content (AvgIpc) is 2.84. The van der Waals surface area contributed by atoms with Crippen molar-refractivity contribution >= 4 is 17.5 Å². The molecule has 0 spiro atoms. The van der Waals surface area contributed by atoms with Crippen LogP contribution in [-0.4, -0.2) is 23.9 Å². The van der Waals surface area contributed by atoms with E-state index in [1.54, 1.807) is 0 Å². The Morgan fingerprint density at radius 1 is 1.19 bits per heavy atom. The number of carbonyl (C=O) groups excluding carboxylic acids is 1. The Kier molecular flexibility index (Phi) is 5.69. The molecule has 2 nitrogen and oxygen atoms in total. The zero-order valence-electron chi connectivity index (χ0n) is 13.2. The van der Waals surface area contributed by atoms with Crippen LogP contribution >= 0.6 is 11.6 Å². The van der Waals surface area contributed by atoms with Gasteiger partial charge in [0.1, 0.15) is 0 Å². The van der Waals surface area contributed by atoms with Gasteiger partial charge in [0, 0.05) is 24.5 Å². The van der Waals surface area contributed by atoms with Crippen LogP contribution in [0.5, 0.6) is 0 Å². The van der Waals surface area contributed by atoms with Crippen molar-refractivity contribution < 1.29 is 4.79 Å². The lowest BCUT2D eigenvalue weighted by Gasteiger charge is -2.26. The van der Waals surface area contributed by atoms with Crippen LogP contribution in [0, 0.1) is 5.41 Å². The lowest BCUT2D eigenvalue weighted by Crippen LogP contribution is -2.26. The quantitative estimate of drug-likeness (QED) is 0.715. The summed E-state index contributed by atoms with van der Waals surface area (Å²) in [6, 6.07) is 8.15. The molecule has 1 aromatic rings. The van der Waals surface area contributed by atoms with Crippen molar-refractivity contribution in [3.63, 3.8) is 0 Å². The van der Waals surface area contributed by atoms with E-state index in [-0.39, 0.29) is 0 Å². The van der Waals surface area contributed by atoms with Crippen molar-refractivity contribution in [2.24, 2.45) is 5.41 Å². The molecule has 116 valence electrons. The standard InChI is InChI=1S/C18H26ClNO/c1-18(2,11-4-14-20-13-3-5-17(20)21)12-10-15-6-8-16(19)9-7-15/h6-9H,3-5,10-14H2,1-2H3. The first-order chi connectivity index (χ1) is 9.96. The van der Waals surface area contributed by atoms with E-state index < -0.39 is 0 Å². The van der Waals surface area contributed by atoms with Gasteiger partial charge in [0.2, 0.25) is 5.91 Å². The Morgan fingerprint density at radius 2 is 1.90 bits per heavy atom. The highest BCUT2D eigenvalue weighted by Crippen LogP contribution is 2.29. The first kappa shape index (κ1) is 16.4. The molecule has 1 aromatic carbocycles. The summed E-state index contributed by atoms with van der Waals surface area (Å²) in [5, 5.41) is 0.799. The van der Waals surface area contributed by atoms with E-state index in [1.165, 1.54) is 18.4 Å². The molecule has 1 heterocycles. The fraction of sp³-hybridized carbons (Fsp3) is 0.611. The van der Waals surface area contributed by atoms with Gasteiger partial charge in [0.05, 0.1) is 0 Å². The van der Waals surface area contributed by atoms with Gasteiger partial charge in [-0.05, 0) is 55.2 Å². The van der Waals surface area contributed by atoms with Crippen molar-refractivity contribution in [3.05, 3.63) is 34.9 Å². The topological polar surface area (TPSA) is 20.3 Å². The number of hydrogen-bond donors (Lipinski definition) is 0. The van der Waals surface area contributed by atoms with Gasteiger partial charge in [-0.1, -0.05) is 37.6 Å². The van der Waals surface area contributed by atoms with Crippen LogP contribution in [0.1, 0.15) is 51.5 Å². The van der Waals surface area contributed by atoms with Gasteiger partial charge in [0.25, 0.3) is 0 Å². The normalized spacial score (nSPS) is 15.8. The SMILES string of the molecule is CC(C)(CCCN1CCCC1=O)CCc1ccc(Cl)cc1. The zero-order chi connectivity index (χ0) is 15.3. The summed E-state index contributed by atoms with van der Waals surface area (Å²) < 4.78 is 0. The lowest BCUT2D eigenvalue weighted by atomic mass is 9.82. The van der Waals surface area contributed by atoms with E-state index in [9.17, 15) is 4.79 Å². The molecule has 1 aliphatic rings. The molecular formula is C18H26ClNO. The number of carbonyl (C=O) groups is 1. The summed E-state index contributed by atoms with van der Waals surface area (Å²) in [5.41, 5.74) is 1.67. The lowest BCUT2D eigenvalue weighted by molar-refractivity contribution is -0.127. The van der Waals surface area contributed by atoms with Crippen LogP contribution < -0.4 is 0 Å². The van der Waals surface area contributed by atoms with Crippen molar-refractivity contribution in [3.8, 4) is 0 Å². The Balaban J connectivity index is 1.71. The number of likely N-dealkylation sites (tertiary alicyclic amines) is 1. The van der Waals surface area contributed by atoms with Crippen molar-refractivity contribution in [2.45, 2.75) is 52.4 Å². The largest absolute Gasteiger partial charge is 0.343 e. The van der Waals surface area contributed by atoms with Gasteiger partial charge in [-0.2, -0.15) is 0 Å². The minimum atomic E-state index is 0.322. The van der Waals surface area contributed by atoms with Gasteiger partial charge >= 0.3 is 0 Å². The number of halogens is 1. The van der Waals surface area contributed by atoms with Gasteiger partial charge in [-0.15, -0.1) is 0 Å². The van der Waals surface area contributed by atoms with Crippen molar-refractivity contribution in [1.29, 1.82) is 0 Å². The zero-order valence-corrected chi connectivity index (χ0v) is 14.0. The summed E-state index contributed by atoms with van der Waals surface area (Å²) in [7, 11) is 0. The van der Waals surface area contributed by atoms with Crippen LogP contribution in [-0.2, 0) is 11.2 Å². The fourth-order valence-electron chi connectivity index (χ4n) is 2.95. The summed E-state index contributed by atoms with van der Waals surface area (Å²) in [6.07, 6.45) is 6.33. The number of rotatable bonds is 7. The van der Waals surface area contributed by atoms with E-state index in [2.05, 4.69) is 26.0 Å². The summed E-state index contributed by atoms with van der Waals surface area (Å²) in [6.45, 7) is 6.55. The predicted molar refractivity (Wildman–Crippen MR) is 88.6 cm³/mol. The van der Waals surface area contributed by atoms with Crippen LogP contribution in [0.25, 0.3) is 0 Å². The van der Waals surface area contributed by atoms with Gasteiger partial charge in [0.15, 0.2) is 0 Å². The molecule has 0 aromatic heterocycles. The minimum Gasteiger partial charge on any atom is -0.343 e. The average molecular weight is 308 g/mol. The Labute approximate surface area is 133 Å². The van der Waals surface area contributed by atoms with Gasteiger partial charge < -0.3 is 4.90 Å². The Bertz CT molecular complexity index is 467. The highest BCUT2D eigenvalue weighted by molar-refractivity contribution is 6.30. The van der Waals surface area contributed by atoms with Gasteiger partial charge in [-0.25, -0.2) is 0 Å². The van der Waals surface area contributed by atoms with Gasteiger partial charge in [-0.3, -0.25) is 4.79 Å². The van der Waals surface area contributed by atoms with Crippen molar-refractivity contribution in [2.75, 3.05) is 13.1 Å². The predicted octanol–water partition coefficient (Wildman–Crippen LogP) is 4.70. The van der Waals surface area contributed by atoms with Crippen LogP contribution in [0.3, 0.4) is 0 Å². The smallest absolute Gasteiger partial charge is 0.222 e. The second kappa shape index (κ2) is 7.31. The highest BCUT2D eigenvalue weighted by Gasteiger charge is 2.22. The molecule has 2 rings (SSSR count). The van der Waals surface area contributed by atoms with E-state index in [0.717, 1.165) is 43.8 Å². The first-order valence-electron chi connectivity index (χ1n) is 7.98. The highest BCUT2D eigenvalue weighted by atomic mass is 35.5. The second-order valence-corrected chi connectivity index (χ2v) is 7.32. The number of nitrogens with zero attached hydrogens (tertiary/aromatic N) is 1. The van der Waals surface area contributed by atoms with Crippen LogP contribution in [0.15, 0.2) is 24.3 Å². The number of amides is 1. The maximum atomic E-state index is 11.6. The summed E-state index contributed by atoms with van der Waals surface area (Å²) in [4.78, 5) is 13.6. The third-order valence-electron chi connectivity index (χ3n) is 4.46. The van der Waals surface area contributed by atoms with E-state index in [4.69, 9.17) is 11.6 Å². The molecular weight excluding hydrogens is 282 g/mol. The molecule has 21 heavy (non-hydrogen) atoms. The number of hydrogen-bond acceptors (Lipinski definition) is 1. The molecule has 0 bridgehead atoms. The summed E-state index contributed by atoms with van der Waals surface area (Å²) in [5.74, 6) is 0.342. The Morgan fingerprint density at radius 3 is 2.52 bits per heavy atom. The molecule has 1 amide bonds. The molecule has 3 heteroatoms. The van der Waals surface area contributed by atoms with Crippen molar-refractivity contribution in [1.82, 2.24) is 4.90 Å². The molecule has 1 aliphatic heterocycles.